The molecule has 0 radical (unpaired) electrons. The highest BCUT2D eigenvalue weighted by Crippen LogP contribution is 2.39. The molecule has 0 spiro atoms. The third kappa shape index (κ3) is 10.6. The van der Waals surface area contributed by atoms with Crippen molar-refractivity contribution in [2.75, 3.05) is 31.3 Å². The predicted molar refractivity (Wildman–Crippen MR) is 149 cm³/mol. The third-order valence-corrected chi connectivity index (χ3v) is 5.82. The molecular formula is C30H27F7N2O6. The molecule has 3 aromatic rings. The molecule has 3 rings (SSSR count). The van der Waals surface area contributed by atoms with Gasteiger partial charge in [0.2, 0.25) is 0 Å². The summed E-state index contributed by atoms with van der Waals surface area (Å²) < 4.78 is 111. The second-order valence-electron chi connectivity index (χ2n) is 9.39. The van der Waals surface area contributed by atoms with E-state index in [-0.39, 0.29) is 41.7 Å². The van der Waals surface area contributed by atoms with Crippen LogP contribution >= 0.6 is 0 Å². The number of benzene rings is 3. The van der Waals surface area contributed by atoms with Crippen molar-refractivity contribution < 1.29 is 59.3 Å². The van der Waals surface area contributed by atoms with Crippen LogP contribution in [0.3, 0.4) is 0 Å². The van der Waals surface area contributed by atoms with Crippen LogP contribution in [0.1, 0.15) is 34.3 Å². The Balaban J connectivity index is 1.42. The summed E-state index contributed by atoms with van der Waals surface area (Å²) in [7, 11) is 0. The van der Waals surface area contributed by atoms with E-state index >= 15 is 0 Å². The maximum atomic E-state index is 14.6. The van der Waals surface area contributed by atoms with Gasteiger partial charge in [0.15, 0.2) is 0 Å². The number of anilines is 2. The molecule has 0 aliphatic carbocycles. The van der Waals surface area contributed by atoms with Crippen LogP contribution < -0.4 is 20.9 Å². The summed E-state index contributed by atoms with van der Waals surface area (Å²) in [6.45, 7) is -0.939. The molecule has 8 nitrogen and oxygen atoms in total. The van der Waals surface area contributed by atoms with Crippen molar-refractivity contribution in [3.8, 4) is 11.5 Å². The standard InChI is InChI=1S/C30H27F7N2O6/c31-28(32,30(35,36)37)12-1-13-42-24-9-5-21(6-10-24)29(33,34)45-25-7-2-19(3-8-25)4-11-26(40)43-14-15-44-27(41)20-16-22(38)18-23(39)17-20/h2-11,16-18H,1,12-15,38-39H2/b11-4+. The molecule has 0 saturated carbocycles. The summed E-state index contributed by atoms with van der Waals surface area (Å²) in [5, 5.41) is 0. The van der Waals surface area contributed by atoms with Gasteiger partial charge in [-0.3, -0.25) is 0 Å². The van der Waals surface area contributed by atoms with Crippen molar-refractivity contribution in [2.24, 2.45) is 0 Å². The number of nitrogens with two attached hydrogens (primary N) is 2. The number of hydrogen-bond donors (Lipinski definition) is 2. The number of esters is 2. The predicted octanol–water partition coefficient (Wildman–Crippen LogP) is 6.75. The van der Waals surface area contributed by atoms with Gasteiger partial charge in [-0.05, 0) is 72.7 Å². The Kier molecular flexibility index (Phi) is 11.3. The van der Waals surface area contributed by atoms with Gasteiger partial charge < -0.3 is 30.4 Å². The molecule has 0 aliphatic rings. The normalized spacial score (nSPS) is 12.2. The summed E-state index contributed by atoms with van der Waals surface area (Å²) in [5.74, 6) is -6.53. The first kappa shape index (κ1) is 34.5. The number of alkyl halides is 7. The maximum absolute atomic E-state index is 14.6. The Morgan fingerprint density at radius 1 is 0.733 bits per heavy atom. The Morgan fingerprint density at radius 3 is 1.91 bits per heavy atom. The first-order chi connectivity index (χ1) is 21.1. The van der Waals surface area contributed by atoms with Gasteiger partial charge in [-0.15, -0.1) is 0 Å². The number of carbonyl (C=O) groups excluding carboxylic acids is 2. The second kappa shape index (κ2) is 14.7. The van der Waals surface area contributed by atoms with Gasteiger partial charge in [0.05, 0.1) is 17.7 Å². The van der Waals surface area contributed by atoms with Gasteiger partial charge in [-0.25, -0.2) is 9.59 Å². The highest BCUT2D eigenvalue weighted by Gasteiger charge is 2.56. The summed E-state index contributed by atoms with van der Waals surface area (Å²) in [6.07, 6.45) is -9.11. The van der Waals surface area contributed by atoms with E-state index in [0.717, 1.165) is 30.3 Å². The minimum Gasteiger partial charge on any atom is -0.494 e. The zero-order chi connectivity index (χ0) is 33.3. The van der Waals surface area contributed by atoms with E-state index in [9.17, 15) is 40.3 Å². The van der Waals surface area contributed by atoms with Crippen LogP contribution in [-0.4, -0.2) is 43.9 Å². The fourth-order valence-corrected chi connectivity index (χ4v) is 3.59. The maximum Gasteiger partial charge on any atom is 0.453 e. The number of nitrogen functional groups attached to an aromatic ring is 2. The average molecular weight is 645 g/mol. The summed E-state index contributed by atoms with van der Waals surface area (Å²) in [4.78, 5) is 23.9. The molecule has 45 heavy (non-hydrogen) atoms. The lowest BCUT2D eigenvalue weighted by Gasteiger charge is -2.20. The highest BCUT2D eigenvalue weighted by atomic mass is 19.4. The highest BCUT2D eigenvalue weighted by molar-refractivity contribution is 5.91. The van der Waals surface area contributed by atoms with Crippen LogP contribution in [0.5, 0.6) is 11.5 Å². The minimum absolute atomic E-state index is 0.0102. The fraction of sp³-hybridized carbons (Fsp3) is 0.267. The molecule has 0 bridgehead atoms. The molecule has 0 heterocycles. The van der Waals surface area contributed by atoms with Gasteiger partial charge >= 0.3 is 30.1 Å². The smallest absolute Gasteiger partial charge is 0.453 e. The summed E-state index contributed by atoms with van der Waals surface area (Å²) in [5.41, 5.74) is 11.8. The first-order valence-corrected chi connectivity index (χ1v) is 13.1. The zero-order valence-corrected chi connectivity index (χ0v) is 23.3. The molecule has 0 saturated heterocycles. The molecule has 4 N–H and O–H groups in total. The molecule has 3 aromatic carbocycles. The molecule has 0 aliphatic heterocycles. The van der Waals surface area contributed by atoms with Crippen LogP contribution in [0.25, 0.3) is 6.08 Å². The number of rotatable bonds is 14. The van der Waals surface area contributed by atoms with Gasteiger partial charge in [0, 0.05) is 23.9 Å². The van der Waals surface area contributed by atoms with Crippen molar-refractivity contribution >= 4 is 29.4 Å². The molecule has 242 valence electrons. The van der Waals surface area contributed by atoms with Gasteiger partial charge in [-0.2, -0.15) is 30.7 Å². The van der Waals surface area contributed by atoms with E-state index in [1.165, 1.54) is 48.5 Å². The van der Waals surface area contributed by atoms with Crippen LogP contribution in [0, 0.1) is 0 Å². The van der Waals surface area contributed by atoms with Crippen molar-refractivity contribution in [3.05, 3.63) is 89.5 Å². The molecule has 0 aromatic heterocycles. The largest absolute Gasteiger partial charge is 0.494 e. The molecule has 0 unspecified atom stereocenters. The van der Waals surface area contributed by atoms with Gasteiger partial charge in [-0.1, -0.05) is 12.1 Å². The number of carbonyl (C=O) groups is 2. The van der Waals surface area contributed by atoms with E-state index in [1.807, 2.05) is 0 Å². The lowest BCUT2D eigenvalue weighted by molar-refractivity contribution is -0.284. The third-order valence-electron chi connectivity index (χ3n) is 5.82. The van der Waals surface area contributed by atoms with Crippen molar-refractivity contribution in [2.45, 2.75) is 31.0 Å². The van der Waals surface area contributed by atoms with Gasteiger partial charge in [0.1, 0.15) is 24.7 Å². The van der Waals surface area contributed by atoms with Crippen molar-refractivity contribution in [1.29, 1.82) is 0 Å². The Bertz CT molecular complexity index is 1460. The first-order valence-electron chi connectivity index (χ1n) is 13.1. The molecular weight excluding hydrogens is 617 g/mol. The molecule has 0 atom stereocenters. The second-order valence-corrected chi connectivity index (χ2v) is 9.39. The van der Waals surface area contributed by atoms with Crippen LogP contribution in [-0.2, 0) is 20.4 Å². The minimum atomic E-state index is -5.66. The number of halogens is 7. The molecule has 0 amide bonds. The van der Waals surface area contributed by atoms with Crippen LogP contribution in [0.2, 0.25) is 0 Å². The fourth-order valence-electron chi connectivity index (χ4n) is 3.59. The number of ether oxygens (including phenoxy) is 4. The van der Waals surface area contributed by atoms with E-state index in [0.29, 0.717) is 5.56 Å². The molecule has 15 heteroatoms. The van der Waals surface area contributed by atoms with E-state index in [2.05, 4.69) is 0 Å². The van der Waals surface area contributed by atoms with Crippen LogP contribution in [0.15, 0.2) is 72.8 Å². The Labute approximate surface area is 252 Å². The van der Waals surface area contributed by atoms with E-state index in [4.69, 9.17) is 30.4 Å². The zero-order valence-electron chi connectivity index (χ0n) is 23.3. The lowest BCUT2D eigenvalue weighted by atomic mass is 10.2. The topological polar surface area (TPSA) is 123 Å². The van der Waals surface area contributed by atoms with E-state index in [1.54, 1.807) is 0 Å². The van der Waals surface area contributed by atoms with E-state index < -0.39 is 55.2 Å². The number of hydrogen-bond acceptors (Lipinski definition) is 8. The van der Waals surface area contributed by atoms with Crippen molar-refractivity contribution in [1.82, 2.24) is 0 Å². The van der Waals surface area contributed by atoms with Crippen LogP contribution in [0.4, 0.5) is 42.1 Å². The quantitative estimate of drug-likeness (QED) is 0.0650. The monoisotopic (exact) mass is 644 g/mol. The summed E-state index contributed by atoms with van der Waals surface area (Å²) in [6, 6.07) is 13.6. The average Bonchev–Trinajstić information content (AvgIpc) is 2.96. The molecule has 0 fully saturated rings. The Morgan fingerprint density at radius 2 is 1.31 bits per heavy atom. The lowest BCUT2D eigenvalue weighted by Crippen LogP contribution is -2.36. The SMILES string of the molecule is Nc1cc(N)cc(C(=O)OCCOC(=O)/C=C/c2ccc(OC(F)(F)c3ccc(OCCCC(F)(F)C(F)(F)F)cc3)cc2)c1. The Hall–Kier alpha value is -4.95. The van der Waals surface area contributed by atoms with Crippen molar-refractivity contribution in [3.63, 3.8) is 0 Å². The summed E-state index contributed by atoms with van der Waals surface area (Å²) >= 11 is 0. The van der Waals surface area contributed by atoms with Gasteiger partial charge in [0.25, 0.3) is 0 Å².